The molecule has 0 aliphatic carbocycles. The highest BCUT2D eigenvalue weighted by Gasteiger charge is 2.18. The molecule has 5 rings (SSSR count). The third kappa shape index (κ3) is 4.61. The Labute approximate surface area is 207 Å². The molecule has 2 heterocycles. The van der Waals surface area contributed by atoms with Crippen molar-refractivity contribution in [3.05, 3.63) is 102 Å². The van der Waals surface area contributed by atoms with Crippen LogP contribution in [0.1, 0.15) is 12.5 Å². The molecule has 3 aromatic carbocycles. The van der Waals surface area contributed by atoms with Gasteiger partial charge in [-0.05, 0) is 49.4 Å². The second-order valence-corrected chi connectivity index (χ2v) is 7.91. The number of benzene rings is 3. The highest BCUT2D eigenvalue weighted by Crippen LogP contribution is 2.31. The molecule has 0 unspecified atom stereocenters. The van der Waals surface area contributed by atoms with E-state index in [-0.39, 0.29) is 5.57 Å². The van der Waals surface area contributed by atoms with E-state index < -0.39 is 5.91 Å². The van der Waals surface area contributed by atoms with Gasteiger partial charge in [0.15, 0.2) is 5.76 Å². The van der Waals surface area contributed by atoms with Crippen LogP contribution in [-0.4, -0.2) is 22.3 Å². The molecule has 0 aliphatic heterocycles. The fourth-order valence-corrected chi connectivity index (χ4v) is 3.84. The van der Waals surface area contributed by atoms with Crippen LogP contribution in [0.3, 0.4) is 0 Å². The molecule has 1 amide bonds. The van der Waals surface area contributed by atoms with E-state index in [0.29, 0.717) is 35.1 Å². The Balaban J connectivity index is 1.56. The summed E-state index contributed by atoms with van der Waals surface area (Å²) in [7, 11) is 0. The molecule has 0 radical (unpaired) electrons. The minimum Gasteiger partial charge on any atom is -0.492 e. The van der Waals surface area contributed by atoms with E-state index >= 15 is 0 Å². The van der Waals surface area contributed by atoms with E-state index in [9.17, 15) is 10.1 Å². The monoisotopic (exact) mass is 474 g/mol. The Morgan fingerprint density at radius 1 is 1.08 bits per heavy atom. The predicted molar refractivity (Wildman–Crippen MR) is 139 cm³/mol. The number of carbonyl (C=O) groups is 1. The average molecular weight is 475 g/mol. The lowest BCUT2D eigenvalue weighted by Gasteiger charge is -2.10. The zero-order valence-corrected chi connectivity index (χ0v) is 19.5. The van der Waals surface area contributed by atoms with Crippen LogP contribution < -0.4 is 10.1 Å². The minimum absolute atomic E-state index is 0.0775. The van der Waals surface area contributed by atoms with Crippen LogP contribution in [0.5, 0.6) is 5.75 Å². The number of furan rings is 1. The van der Waals surface area contributed by atoms with Gasteiger partial charge >= 0.3 is 0 Å². The van der Waals surface area contributed by atoms with Gasteiger partial charge in [-0.3, -0.25) is 4.79 Å². The van der Waals surface area contributed by atoms with Crippen molar-refractivity contribution in [1.29, 1.82) is 5.26 Å². The summed E-state index contributed by atoms with van der Waals surface area (Å²) in [5.41, 5.74) is 3.06. The smallest absolute Gasteiger partial charge is 0.266 e. The van der Waals surface area contributed by atoms with Crippen molar-refractivity contribution in [1.82, 2.24) is 9.78 Å². The van der Waals surface area contributed by atoms with Gasteiger partial charge in [-0.1, -0.05) is 48.5 Å². The first-order valence-electron chi connectivity index (χ1n) is 11.5. The third-order valence-electron chi connectivity index (χ3n) is 5.52. The molecule has 0 spiro atoms. The summed E-state index contributed by atoms with van der Waals surface area (Å²) in [6, 6.07) is 28.3. The van der Waals surface area contributed by atoms with Crippen LogP contribution in [0.25, 0.3) is 34.2 Å². The maximum Gasteiger partial charge on any atom is 0.266 e. The number of nitrogens with zero attached hydrogens (tertiary/aromatic N) is 3. The number of para-hydroxylation sites is 4. The molecular weight excluding hydrogens is 452 g/mol. The van der Waals surface area contributed by atoms with Crippen LogP contribution >= 0.6 is 0 Å². The summed E-state index contributed by atoms with van der Waals surface area (Å²) in [5, 5.41) is 18.3. The average Bonchev–Trinajstić information content (AvgIpc) is 3.53. The van der Waals surface area contributed by atoms with Crippen LogP contribution in [0.15, 0.2) is 101 Å². The number of carbonyl (C=O) groups excluding carboxylic acids is 1. The number of hydrogen-bond acceptors (Lipinski definition) is 5. The topological polar surface area (TPSA) is 93.1 Å². The Morgan fingerprint density at radius 2 is 1.83 bits per heavy atom. The molecule has 0 saturated carbocycles. The number of anilines is 1. The lowest BCUT2D eigenvalue weighted by Crippen LogP contribution is -2.14. The lowest BCUT2D eigenvalue weighted by atomic mass is 10.1. The van der Waals surface area contributed by atoms with Crippen molar-refractivity contribution < 1.29 is 13.9 Å². The number of nitrogens with one attached hydrogen (secondary N) is 1. The normalized spacial score (nSPS) is 11.3. The first kappa shape index (κ1) is 22.7. The number of amides is 1. The van der Waals surface area contributed by atoms with Crippen molar-refractivity contribution in [2.75, 3.05) is 11.9 Å². The number of fused-ring (bicyclic) bond motifs is 1. The SMILES string of the molecule is CCOc1ccccc1NC(=O)/C(C#N)=C/c1cn(-c2ccccc2)nc1-c1cc2ccccc2o1. The molecule has 5 aromatic rings. The molecular formula is C29H22N4O3. The third-order valence-corrected chi connectivity index (χ3v) is 5.52. The van der Waals surface area contributed by atoms with Crippen molar-refractivity contribution in [2.24, 2.45) is 0 Å². The van der Waals surface area contributed by atoms with Crippen molar-refractivity contribution >= 4 is 28.6 Å². The van der Waals surface area contributed by atoms with Crippen molar-refractivity contribution in [3.63, 3.8) is 0 Å². The van der Waals surface area contributed by atoms with E-state index in [1.807, 2.05) is 79.7 Å². The Morgan fingerprint density at radius 3 is 2.61 bits per heavy atom. The van der Waals surface area contributed by atoms with Gasteiger partial charge in [0.1, 0.15) is 28.7 Å². The number of rotatable bonds is 7. The molecule has 0 saturated heterocycles. The van der Waals surface area contributed by atoms with Gasteiger partial charge < -0.3 is 14.5 Å². The van der Waals surface area contributed by atoms with E-state index in [1.54, 1.807) is 29.1 Å². The molecule has 7 nitrogen and oxygen atoms in total. The summed E-state index contributed by atoms with van der Waals surface area (Å²) in [5.74, 6) is 0.523. The quantitative estimate of drug-likeness (QED) is 0.223. The molecule has 0 bridgehead atoms. The molecule has 0 atom stereocenters. The summed E-state index contributed by atoms with van der Waals surface area (Å²) < 4.78 is 13.3. The Hall–Kier alpha value is -5.09. The van der Waals surface area contributed by atoms with E-state index in [0.717, 1.165) is 16.7 Å². The molecule has 36 heavy (non-hydrogen) atoms. The standard InChI is InChI=1S/C29H22N4O3/c1-2-35-26-15-9-7-13-24(26)31-29(34)21(18-30)16-22-19-33(23-11-4-3-5-12-23)32-28(22)27-17-20-10-6-8-14-25(20)36-27/h3-17,19H,2H2,1H3,(H,31,34)/b21-16+. The fourth-order valence-electron chi connectivity index (χ4n) is 3.84. The van der Waals surface area contributed by atoms with Gasteiger partial charge in [-0.15, -0.1) is 0 Å². The van der Waals surface area contributed by atoms with Gasteiger partial charge in [-0.2, -0.15) is 10.4 Å². The van der Waals surface area contributed by atoms with Gasteiger partial charge in [0, 0.05) is 17.1 Å². The van der Waals surface area contributed by atoms with Gasteiger partial charge in [0.05, 0.1) is 18.0 Å². The maximum atomic E-state index is 13.1. The molecule has 176 valence electrons. The summed E-state index contributed by atoms with van der Waals surface area (Å²) in [6.07, 6.45) is 3.30. The zero-order chi connectivity index (χ0) is 24.9. The van der Waals surface area contributed by atoms with Crippen LogP contribution in [0.2, 0.25) is 0 Å². The Kier molecular flexibility index (Phi) is 6.33. The van der Waals surface area contributed by atoms with Crippen LogP contribution in [0, 0.1) is 11.3 Å². The number of nitriles is 1. The number of hydrogen-bond donors (Lipinski definition) is 1. The summed E-state index contributed by atoms with van der Waals surface area (Å²) >= 11 is 0. The second-order valence-electron chi connectivity index (χ2n) is 7.91. The summed E-state index contributed by atoms with van der Waals surface area (Å²) in [6.45, 7) is 2.32. The van der Waals surface area contributed by atoms with E-state index in [4.69, 9.17) is 14.3 Å². The van der Waals surface area contributed by atoms with Crippen LogP contribution in [0.4, 0.5) is 5.69 Å². The lowest BCUT2D eigenvalue weighted by molar-refractivity contribution is -0.112. The van der Waals surface area contributed by atoms with E-state index in [2.05, 4.69) is 5.32 Å². The second kappa shape index (κ2) is 10.0. The maximum absolute atomic E-state index is 13.1. The molecule has 1 N–H and O–H groups in total. The van der Waals surface area contributed by atoms with Crippen molar-refractivity contribution in [3.8, 4) is 29.0 Å². The van der Waals surface area contributed by atoms with E-state index in [1.165, 1.54) is 6.08 Å². The zero-order valence-electron chi connectivity index (χ0n) is 19.5. The largest absolute Gasteiger partial charge is 0.492 e. The molecule has 2 aromatic heterocycles. The first-order chi connectivity index (χ1) is 17.7. The highest BCUT2D eigenvalue weighted by atomic mass is 16.5. The number of aromatic nitrogens is 2. The minimum atomic E-state index is -0.548. The first-order valence-corrected chi connectivity index (χ1v) is 11.5. The van der Waals surface area contributed by atoms with Gasteiger partial charge in [0.2, 0.25) is 0 Å². The van der Waals surface area contributed by atoms with Crippen molar-refractivity contribution in [2.45, 2.75) is 6.92 Å². The highest BCUT2D eigenvalue weighted by molar-refractivity contribution is 6.10. The molecule has 7 heteroatoms. The van der Waals surface area contributed by atoms with Gasteiger partial charge in [-0.25, -0.2) is 4.68 Å². The fraction of sp³-hybridized carbons (Fsp3) is 0.0690. The van der Waals surface area contributed by atoms with Gasteiger partial charge in [0.25, 0.3) is 5.91 Å². The Bertz CT molecular complexity index is 1570. The van der Waals surface area contributed by atoms with Crippen LogP contribution in [-0.2, 0) is 4.79 Å². The molecule has 0 aliphatic rings. The number of ether oxygens (including phenoxy) is 1. The molecule has 0 fully saturated rings. The summed E-state index contributed by atoms with van der Waals surface area (Å²) in [4.78, 5) is 13.1. The predicted octanol–water partition coefficient (Wildman–Crippen LogP) is 6.23.